The Morgan fingerprint density at radius 1 is 1.24 bits per heavy atom. The Labute approximate surface area is 174 Å². The highest BCUT2D eigenvalue weighted by molar-refractivity contribution is 7.10. The molecule has 2 heterocycles. The van der Waals surface area contributed by atoms with Crippen LogP contribution in [0, 0.1) is 0 Å². The van der Waals surface area contributed by atoms with Gasteiger partial charge in [-0.1, -0.05) is 18.2 Å². The Hall–Kier alpha value is -2.64. The number of carbonyl (C=O) groups excluding carboxylic acids is 2. The van der Waals surface area contributed by atoms with Crippen LogP contribution >= 0.6 is 11.3 Å². The molecule has 1 aromatic heterocycles. The molecule has 1 atom stereocenters. The van der Waals surface area contributed by atoms with E-state index >= 15 is 0 Å². The van der Waals surface area contributed by atoms with Crippen molar-refractivity contribution in [1.82, 2.24) is 4.90 Å². The number of methoxy groups -OCH3 is 1. The zero-order valence-electron chi connectivity index (χ0n) is 16.8. The molecule has 29 heavy (non-hydrogen) atoms. The molecule has 3 rings (SSSR count). The van der Waals surface area contributed by atoms with Crippen LogP contribution < -0.4 is 4.74 Å². The minimum absolute atomic E-state index is 0.103. The van der Waals surface area contributed by atoms with E-state index in [1.807, 2.05) is 31.4 Å². The topological polar surface area (TPSA) is 76.1 Å². The highest BCUT2D eigenvalue weighted by Crippen LogP contribution is 2.41. The summed E-state index contributed by atoms with van der Waals surface area (Å²) in [5, 5.41) is 12.9. The third-order valence-corrected chi connectivity index (χ3v) is 5.62. The van der Waals surface area contributed by atoms with Crippen molar-refractivity contribution in [1.29, 1.82) is 0 Å². The van der Waals surface area contributed by atoms with Gasteiger partial charge in [-0.3, -0.25) is 9.59 Å². The van der Waals surface area contributed by atoms with Crippen LogP contribution in [0.2, 0.25) is 0 Å². The number of Topliss-reactive ketones (excluding diaryl/α,β-unsaturated/α-hetero) is 1. The molecule has 1 aliphatic heterocycles. The third kappa shape index (κ3) is 4.52. The number of amides is 1. The lowest BCUT2D eigenvalue weighted by Crippen LogP contribution is -2.31. The SMILES string of the molecule is COc1cccc(/C(O)=C2/C(=O)C(=O)N(CCCOC(C)C)C2c2cccs2)c1. The van der Waals surface area contributed by atoms with Gasteiger partial charge >= 0.3 is 0 Å². The summed E-state index contributed by atoms with van der Waals surface area (Å²) >= 11 is 1.45. The zero-order chi connectivity index (χ0) is 21.0. The average molecular weight is 416 g/mol. The molecule has 1 N–H and O–H groups in total. The molecule has 7 heteroatoms. The van der Waals surface area contributed by atoms with Crippen LogP contribution in [-0.4, -0.2) is 48.1 Å². The van der Waals surface area contributed by atoms with E-state index < -0.39 is 17.7 Å². The van der Waals surface area contributed by atoms with Crippen LogP contribution in [0.25, 0.3) is 5.76 Å². The van der Waals surface area contributed by atoms with Crippen molar-refractivity contribution in [2.75, 3.05) is 20.3 Å². The van der Waals surface area contributed by atoms with Crippen LogP contribution in [0.5, 0.6) is 5.75 Å². The van der Waals surface area contributed by atoms with E-state index in [4.69, 9.17) is 9.47 Å². The minimum Gasteiger partial charge on any atom is -0.507 e. The number of likely N-dealkylation sites (tertiary alicyclic amines) is 1. The summed E-state index contributed by atoms with van der Waals surface area (Å²) in [7, 11) is 1.53. The molecule has 1 saturated heterocycles. The highest BCUT2D eigenvalue weighted by Gasteiger charge is 2.46. The second kappa shape index (κ2) is 9.24. The van der Waals surface area contributed by atoms with Crippen molar-refractivity contribution < 1.29 is 24.2 Å². The fourth-order valence-corrected chi connectivity index (χ4v) is 4.18. The summed E-state index contributed by atoms with van der Waals surface area (Å²) in [5.74, 6) is -0.908. The first-order valence-corrected chi connectivity index (χ1v) is 10.4. The predicted octanol–water partition coefficient (Wildman–Crippen LogP) is 3.99. The molecule has 0 saturated carbocycles. The van der Waals surface area contributed by atoms with E-state index in [1.54, 1.807) is 24.3 Å². The Balaban J connectivity index is 1.98. The zero-order valence-corrected chi connectivity index (χ0v) is 17.6. The van der Waals surface area contributed by atoms with Crippen molar-refractivity contribution >= 4 is 28.8 Å². The first-order chi connectivity index (χ1) is 13.9. The maximum atomic E-state index is 12.9. The van der Waals surface area contributed by atoms with Gasteiger partial charge in [0, 0.05) is 23.6 Å². The van der Waals surface area contributed by atoms with Crippen molar-refractivity contribution in [2.24, 2.45) is 0 Å². The standard InChI is InChI=1S/C22H25NO5S/c1-14(2)28-11-6-10-23-19(17-9-5-12-29-17)18(21(25)22(23)26)20(24)15-7-4-8-16(13-15)27-3/h4-5,7-9,12-14,19,24H,6,10-11H2,1-3H3/b20-18-. The lowest BCUT2D eigenvalue weighted by molar-refractivity contribution is -0.140. The summed E-state index contributed by atoms with van der Waals surface area (Å²) in [6.45, 7) is 4.76. The Kier molecular flexibility index (Phi) is 6.71. The number of rotatable bonds is 8. The van der Waals surface area contributed by atoms with Crippen LogP contribution in [0.1, 0.15) is 36.8 Å². The molecule has 0 radical (unpaired) electrons. The fraction of sp³-hybridized carbons (Fsp3) is 0.364. The van der Waals surface area contributed by atoms with Gasteiger partial charge in [0.05, 0.1) is 24.8 Å². The first-order valence-electron chi connectivity index (χ1n) is 9.52. The number of aliphatic hydroxyl groups is 1. The minimum atomic E-state index is -0.673. The fourth-order valence-electron chi connectivity index (χ4n) is 3.33. The molecule has 154 valence electrons. The van der Waals surface area contributed by atoms with E-state index in [0.717, 1.165) is 4.88 Å². The van der Waals surface area contributed by atoms with Crippen LogP contribution in [-0.2, 0) is 14.3 Å². The number of aliphatic hydroxyl groups excluding tert-OH is 1. The summed E-state index contributed by atoms with van der Waals surface area (Å²) in [5.41, 5.74) is 0.544. The average Bonchev–Trinajstić information content (AvgIpc) is 3.32. The molecule has 1 aliphatic rings. The van der Waals surface area contributed by atoms with Gasteiger partial charge in [-0.05, 0) is 43.8 Å². The Bertz CT molecular complexity index is 904. The normalized spacial score (nSPS) is 18.6. The smallest absolute Gasteiger partial charge is 0.295 e. The highest BCUT2D eigenvalue weighted by atomic mass is 32.1. The van der Waals surface area contributed by atoms with Crippen LogP contribution in [0.4, 0.5) is 0 Å². The largest absolute Gasteiger partial charge is 0.507 e. The summed E-state index contributed by atoms with van der Waals surface area (Å²) in [6, 6.07) is 9.94. The lowest BCUT2D eigenvalue weighted by atomic mass is 9.99. The number of ether oxygens (including phenoxy) is 2. The molecule has 1 unspecified atom stereocenters. The predicted molar refractivity (Wildman–Crippen MR) is 112 cm³/mol. The number of hydrogen-bond acceptors (Lipinski definition) is 6. The second-order valence-corrected chi connectivity index (χ2v) is 7.99. The molecule has 0 bridgehead atoms. The van der Waals surface area contributed by atoms with E-state index in [0.29, 0.717) is 30.9 Å². The number of ketones is 1. The molecule has 1 amide bonds. The lowest BCUT2D eigenvalue weighted by Gasteiger charge is -2.24. The monoisotopic (exact) mass is 415 g/mol. The number of nitrogens with zero attached hydrogens (tertiary/aromatic N) is 1. The van der Waals surface area contributed by atoms with Gasteiger partial charge in [0.25, 0.3) is 11.7 Å². The molecule has 6 nitrogen and oxygen atoms in total. The Morgan fingerprint density at radius 2 is 2.03 bits per heavy atom. The number of carbonyl (C=O) groups is 2. The van der Waals surface area contributed by atoms with Crippen LogP contribution in [0.15, 0.2) is 47.4 Å². The molecule has 1 aromatic carbocycles. The van der Waals surface area contributed by atoms with Crippen molar-refractivity contribution in [2.45, 2.75) is 32.4 Å². The molecule has 0 aliphatic carbocycles. The first kappa shape index (κ1) is 21.1. The molecule has 1 fully saturated rings. The summed E-state index contributed by atoms with van der Waals surface area (Å²) in [4.78, 5) is 28.0. The quantitative estimate of drug-likeness (QED) is 0.305. The van der Waals surface area contributed by atoms with E-state index in [2.05, 4.69) is 0 Å². The summed E-state index contributed by atoms with van der Waals surface area (Å²) < 4.78 is 10.8. The van der Waals surface area contributed by atoms with Crippen LogP contribution in [0.3, 0.4) is 0 Å². The molecule has 2 aromatic rings. The molecular formula is C22H25NO5S. The van der Waals surface area contributed by atoms with Gasteiger partial charge in [0.1, 0.15) is 11.5 Å². The van der Waals surface area contributed by atoms with E-state index in [9.17, 15) is 14.7 Å². The van der Waals surface area contributed by atoms with Gasteiger partial charge in [0.15, 0.2) is 0 Å². The summed E-state index contributed by atoms with van der Waals surface area (Å²) in [6.07, 6.45) is 0.707. The second-order valence-electron chi connectivity index (χ2n) is 7.01. The van der Waals surface area contributed by atoms with Crippen molar-refractivity contribution in [3.05, 3.63) is 57.8 Å². The van der Waals surface area contributed by atoms with Gasteiger partial charge in [-0.2, -0.15) is 0 Å². The van der Waals surface area contributed by atoms with Gasteiger partial charge in [-0.15, -0.1) is 11.3 Å². The Morgan fingerprint density at radius 3 is 2.69 bits per heavy atom. The van der Waals surface area contributed by atoms with E-state index in [-0.39, 0.29) is 17.4 Å². The van der Waals surface area contributed by atoms with E-state index in [1.165, 1.54) is 23.3 Å². The number of benzene rings is 1. The van der Waals surface area contributed by atoms with Gasteiger partial charge in [-0.25, -0.2) is 0 Å². The third-order valence-electron chi connectivity index (χ3n) is 4.69. The van der Waals surface area contributed by atoms with Crippen molar-refractivity contribution in [3.8, 4) is 5.75 Å². The molecule has 0 spiro atoms. The van der Waals surface area contributed by atoms with Gasteiger partial charge in [0.2, 0.25) is 0 Å². The van der Waals surface area contributed by atoms with Gasteiger partial charge < -0.3 is 19.5 Å². The maximum Gasteiger partial charge on any atom is 0.295 e. The number of hydrogen-bond donors (Lipinski definition) is 1. The molecular weight excluding hydrogens is 390 g/mol. The maximum absolute atomic E-state index is 12.9. The van der Waals surface area contributed by atoms with Crippen molar-refractivity contribution in [3.63, 3.8) is 0 Å². The number of thiophene rings is 1.